The molecule has 1 aromatic heterocycles. The Bertz CT molecular complexity index is 602. The summed E-state index contributed by atoms with van der Waals surface area (Å²) >= 11 is 2.18. The van der Waals surface area contributed by atoms with Crippen molar-refractivity contribution in [3.8, 4) is 0 Å². The Kier molecular flexibility index (Phi) is 4.79. The molecular formula is C15H14INO2. The van der Waals surface area contributed by atoms with Crippen LogP contribution in [-0.2, 0) is 11.2 Å². The van der Waals surface area contributed by atoms with Crippen LogP contribution in [0, 0.1) is 3.57 Å². The van der Waals surface area contributed by atoms with Gasteiger partial charge < -0.3 is 9.73 Å². The average molecular weight is 367 g/mol. The Morgan fingerprint density at radius 1 is 1.32 bits per heavy atom. The predicted molar refractivity (Wildman–Crippen MR) is 84.9 cm³/mol. The van der Waals surface area contributed by atoms with E-state index in [4.69, 9.17) is 4.42 Å². The number of hydrogen-bond donors (Lipinski definition) is 1. The highest BCUT2D eigenvalue weighted by atomic mass is 127. The van der Waals surface area contributed by atoms with Crippen LogP contribution in [-0.4, -0.2) is 5.91 Å². The van der Waals surface area contributed by atoms with Gasteiger partial charge in [-0.15, -0.1) is 0 Å². The summed E-state index contributed by atoms with van der Waals surface area (Å²) in [4.78, 5) is 11.8. The lowest BCUT2D eigenvalue weighted by Gasteiger charge is -2.03. The second-order valence-corrected chi connectivity index (χ2v) is 5.12. The van der Waals surface area contributed by atoms with E-state index >= 15 is 0 Å². The number of halogens is 1. The molecule has 2 rings (SSSR count). The molecule has 0 aliphatic carbocycles. The van der Waals surface area contributed by atoms with Crippen LogP contribution >= 0.6 is 22.6 Å². The van der Waals surface area contributed by atoms with E-state index in [9.17, 15) is 4.79 Å². The Balaban J connectivity index is 1.99. The summed E-state index contributed by atoms with van der Waals surface area (Å²) in [5, 5.41) is 2.83. The Morgan fingerprint density at radius 3 is 2.79 bits per heavy atom. The van der Waals surface area contributed by atoms with Gasteiger partial charge in [-0.25, -0.2) is 0 Å². The van der Waals surface area contributed by atoms with Gasteiger partial charge in [0.2, 0.25) is 5.91 Å². The lowest BCUT2D eigenvalue weighted by Crippen LogP contribution is -2.08. The van der Waals surface area contributed by atoms with Gasteiger partial charge in [-0.05, 0) is 52.9 Å². The van der Waals surface area contributed by atoms with E-state index in [0.29, 0.717) is 5.76 Å². The number of anilines is 1. The molecule has 0 saturated carbocycles. The van der Waals surface area contributed by atoms with Crippen molar-refractivity contribution in [1.82, 2.24) is 0 Å². The van der Waals surface area contributed by atoms with Gasteiger partial charge in [-0.2, -0.15) is 0 Å². The van der Waals surface area contributed by atoms with Gasteiger partial charge >= 0.3 is 0 Å². The van der Waals surface area contributed by atoms with Crippen LogP contribution in [0.2, 0.25) is 0 Å². The summed E-state index contributed by atoms with van der Waals surface area (Å²) in [6, 6.07) is 11.4. The fraction of sp³-hybridized carbons (Fsp3) is 0.133. The molecule has 0 unspecified atom stereocenters. The van der Waals surface area contributed by atoms with Crippen LogP contribution in [0.4, 0.5) is 5.69 Å². The molecule has 0 radical (unpaired) electrons. The second kappa shape index (κ2) is 6.56. The monoisotopic (exact) mass is 367 g/mol. The Hall–Kier alpha value is -1.56. The molecule has 1 N–H and O–H groups in total. The SMILES string of the molecule is CCc1ccc(/C=C/C(=O)Nc2ccccc2I)o1. The standard InChI is InChI=1S/C15H14INO2/c1-2-11-7-8-12(19-11)9-10-15(18)17-14-6-4-3-5-13(14)16/h3-10H,2H2,1H3,(H,17,18)/b10-9+. The fourth-order valence-electron chi connectivity index (χ4n) is 1.57. The van der Waals surface area contributed by atoms with E-state index < -0.39 is 0 Å². The van der Waals surface area contributed by atoms with Crippen molar-refractivity contribution in [2.45, 2.75) is 13.3 Å². The van der Waals surface area contributed by atoms with Crippen LogP contribution < -0.4 is 5.32 Å². The van der Waals surface area contributed by atoms with Crippen molar-refractivity contribution in [2.75, 3.05) is 5.32 Å². The highest BCUT2D eigenvalue weighted by Crippen LogP contribution is 2.17. The number of para-hydroxylation sites is 1. The minimum atomic E-state index is -0.168. The molecule has 19 heavy (non-hydrogen) atoms. The number of aryl methyl sites for hydroxylation is 1. The number of rotatable bonds is 4. The number of amides is 1. The zero-order valence-electron chi connectivity index (χ0n) is 10.5. The number of hydrogen-bond acceptors (Lipinski definition) is 2. The summed E-state index contributed by atoms with van der Waals surface area (Å²) in [6.45, 7) is 2.02. The number of benzene rings is 1. The first-order chi connectivity index (χ1) is 9.19. The summed E-state index contributed by atoms with van der Waals surface area (Å²) in [7, 11) is 0. The van der Waals surface area contributed by atoms with Crippen LogP contribution in [0.1, 0.15) is 18.4 Å². The molecule has 3 nitrogen and oxygen atoms in total. The predicted octanol–water partition coefficient (Wildman–Crippen LogP) is 4.10. The van der Waals surface area contributed by atoms with Crippen molar-refractivity contribution in [2.24, 2.45) is 0 Å². The normalized spacial score (nSPS) is 10.8. The van der Waals surface area contributed by atoms with Gasteiger partial charge in [0.05, 0.1) is 5.69 Å². The van der Waals surface area contributed by atoms with E-state index in [-0.39, 0.29) is 5.91 Å². The van der Waals surface area contributed by atoms with Gasteiger partial charge in [0.1, 0.15) is 11.5 Å². The van der Waals surface area contributed by atoms with Gasteiger partial charge in [0.15, 0.2) is 0 Å². The molecular weight excluding hydrogens is 353 g/mol. The molecule has 98 valence electrons. The van der Waals surface area contributed by atoms with Crippen LogP contribution in [0.3, 0.4) is 0 Å². The number of carbonyl (C=O) groups excluding carboxylic acids is 1. The molecule has 0 fully saturated rings. The molecule has 0 saturated heterocycles. The third-order valence-electron chi connectivity index (χ3n) is 2.56. The molecule has 0 bridgehead atoms. The van der Waals surface area contributed by atoms with Gasteiger partial charge in [0, 0.05) is 16.1 Å². The van der Waals surface area contributed by atoms with Crippen LogP contribution in [0.25, 0.3) is 6.08 Å². The van der Waals surface area contributed by atoms with Crippen molar-refractivity contribution in [1.29, 1.82) is 0 Å². The summed E-state index contributed by atoms with van der Waals surface area (Å²) < 4.78 is 6.50. The molecule has 1 heterocycles. The van der Waals surface area contributed by atoms with E-state index in [1.807, 2.05) is 43.3 Å². The van der Waals surface area contributed by atoms with Crippen LogP contribution in [0.15, 0.2) is 46.9 Å². The topological polar surface area (TPSA) is 42.2 Å². The zero-order chi connectivity index (χ0) is 13.7. The van der Waals surface area contributed by atoms with Crippen molar-refractivity contribution >= 4 is 40.3 Å². The van der Waals surface area contributed by atoms with Crippen molar-refractivity contribution in [3.63, 3.8) is 0 Å². The quantitative estimate of drug-likeness (QED) is 0.653. The highest BCUT2D eigenvalue weighted by Gasteiger charge is 2.02. The van der Waals surface area contributed by atoms with E-state index in [2.05, 4.69) is 27.9 Å². The zero-order valence-corrected chi connectivity index (χ0v) is 12.7. The minimum Gasteiger partial charge on any atom is -0.462 e. The molecule has 1 aromatic carbocycles. The average Bonchev–Trinajstić information content (AvgIpc) is 2.87. The lowest BCUT2D eigenvalue weighted by atomic mass is 10.3. The minimum absolute atomic E-state index is 0.168. The highest BCUT2D eigenvalue weighted by molar-refractivity contribution is 14.1. The maximum atomic E-state index is 11.8. The van der Waals surface area contributed by atoms with Gasteiger partial charge in [0.25, 0.3) is 0 Å². The maximum absolute atomic E-state index is 11.8. The van der Waals surface area contributed by atoms with E-state index in [0.717, 1.165) is 21.4 Å². The second-order valence-electron chi connectivity index (χ2n) is 3.96. The molecule has 0 spiro atoms. The molecule has 4 heteroatoms. The van der Waals surface area contributed by atoms with E-state index in [1.165, 1.54) is 6.08 Å². The largest absolute Gasteiger partial charge is 0.462 e. The first-order valence-corrected chi connectivity index (χ1v) is 7.09. The first-order valence-electron chi connectivity index (χ1n) is 6.01. The van der Waals surface area contributed by atoms with Crippen LogP contribution in [0.5, 0.6) is 0 Å². The third-order valence-corrected chi connectivity index (χ3v) is 3.50. The molecule has 0 aliphatic heterocycles. The third kappa shape index (κ3) is 3.96. The summed E-state index contributed by atoms with van der Waals surface area (Å²) in [6.07, 6.45) is 3.99. The van der Waals surface area contributed by atoms with Crippen molar-refractivity contribution in [3.05, 3.63) is 57.6 Å². The van der Waals surface area contributed by atoms with Gasteiger partial charge in [-0.1, -0.05) is 19.1 Å². The smallest absolute Gasteiger partial charge is 0.248 e. The molecule has 0 aliphatic rings. The number of carbonyl (C=O) groups is 1. The molecule has 1 amide bonds. The summed E-state index contributed by atoms with van der Waals surface area (Å²) in [5.41, 5.74) is 0.812. The van der Waals surface area contributed by atoms with Crippen molar-refractivity contribution < 1.29 is 9.21 Å². The maximum Gasteiger partial charge on any atom is 0.248 e. The number of furan rings is 1. The van der Waals surface area contributed by atoms with Gasteiger partial charge in [-0.3, -0.25) is 4.79 Å². The Morgan fingerprint density at radius 2 is 2.11 bits per heavy atom. The molecule has 2 aromatic rings. The van der Waals surface area contributed by atoms with E-state index in [1.54, 1.807) is 6.08 Å². The lowest BCUT2D eigenvalue weighted by molar-refractivity contribution is -0.111. The summed E-state index contributed by atoms with van der Waals surface area (Å²) in [5.74, 6) is 1.44. The molecule has 0 atom stereocenters. The first kappa shape index (κ1) is 13.9. The Labute approximate surface area is 125 Å². The fourth-order valence-corrected chi connectivity index (χ4v) is 2.09. The number of nitrogens with one attached hydrogen (secondary N) is 1.